The molecule has 1 saturated heterocycles. The van der Waals surface area contributed by atoms with Crippen molar-refractivity contribution < 1.29 is 9.72 Å². The first kappa shape index (κ1) is 18.9. The lowest BCUT2D eigenvalue weighted by atomic mass is 10.1. The quantitative estimate of drug-likeness (QED) is 0.617. The van der Waals surface area contributed by atoms with Crippen molar-refractivity contribution in [2.45, 2.75) is 25.8 Å². The molecule has 22 heavy (non-hydrogen) atoms. The van der Waals surface area contributed by atoms with Gasteiger partial charge in [-0.1, -0.05) is 22.9 Å². The zero-order valence-corrected chi connectivity index (χ0v) is 14.7. The van der Waals surface area contributed by atoms with Crippen LogP contribution >= 0.6 is 28.3 Å². The highest BCUT2D eigenvalue weighted by atomic mass is 79.9. The number of hydrogen-bond acceptors (Lipinski definition) is 4. The molecule has 8 heteroatoms. The molecule has 0 saturated carbocycles. The minimum absolute atomic E-state index is 0. The van der Waals surface area contributed by atoms with E-state index in [1.165, 1.54) is 12.1 Å². The van der Waals surface area contributed by atoms with E-state index in [-0.39, 0.29) is 30.0 Å². The van der Waals surface area contributed by atoms with Crippen LogP contribution in [0.15, 0.2) is 22.7 Å². The Morgan fingerprint density at radius 2 is 2.23 bits per heavy atom. The Balaban J connectivity index is 0.00000242. The van der Waals surface area contributed by atoms with Gasteiger partial charge in [-0.2, -0.15) is 0 Å². The summed E-state index contributed by atoms with van der Waals surface area (Å²) in [6.45, 7) is 4.36. The fourth-order valence-electron chi connectivity index (χ4n) is 2.57. The average Bonchev–Trinajstić information content (AvgIpc) is 2.97. The van der Waals surface area contributed by atoms with Gasteiger partial charge in [0.1, 0.15) is 0 Å². The van der Waals surface area contributed by atoms with Crippen molar-refractivity contribution in [3.8, 4) is 0 Å². The first-order chi connectivity index (χ1) is 10.0. The van der Waals surface area contributed by atoms with E-state index >= 15 is 0 Å². The fourth-order valence-corrected chi connectivity index (χ4v) is 3.05. The van der Waals surface area contributed by atoms with Crippen LogP contribution in [-0.2, 0) is 0 Å². The fraction of sp³-hybridized carbons (Fsp3) is 0.500. The van der Waals surface area contributed by atoms with Crippen LogP contribution in [0.3, 0.4) is 0 Å². The van der Waals surface area contributed by atoms with Gasteiger partial charge in [-0.25, -0.2) is 0 Å². The third-order valence-electron chi connectivity index (χ3n) is 3.54. The predicted octanol–water partition coefficient (Wildman–Crippen LogP) is 2.99. The van der Waals surface area contributed by atoms with Crippen LogP contribution in [-0.4, -0.2) is 41.4 Å². The lowest BCUT2D eigenvalue weighted by Crippen LogP contribution is -2.42. The number of amides is 1. The number of carbonyl (C=O) groups is 1. The number of halogens is 2. The minimum atomic E-state index is -0.483. The molecule has 0 radical (unpaired) electrons. The number of rotatable bonds is 5. The lowest BCUT2D eigenvalue weighted by molar-refractivity contribution is -0.385. The van der Waals surface area contributed by atoms with Crippen molar-refractivity contribution in [3.63, 3.8) is 0 Å². The summed E-state index contributed by atoms with van der Waals surface area (Å²) in [5, 5.41) is 14.2. The number of hydrogen-bond donors (Lipinski definition) is 1. The Hall–Kier alpha value is -1.18. The van der Waals surface area contributed by atoms with E-state index in [4.69, 9.17) is 0 Å². The zero-order chi connectivity index (χ0) is 15.4. The molecule has 1 atom stereocenters. The second-order valence-electron chi connectivity index (χ2n) is 5.10. The molecule has 1 amide bonds. The minimum Gasteiger partial charge on any atom is -0.334 e. The first-order valence-corrected chi connectivity index (χ1v) is 7.79. The van der Waals surface area contributed by atoms with Crippen molar-refractivity contribution in [3.05, 3.63) is 38.3 Å². The van der Waals surface area contributed by atoms with Crippen molar-refractivity contribution in [1.82, 2.24) is 10.2 Å². The maximum Gasteiger partial charge on any atom is 0.271 e. The summed E-state index contributed by atoms with van der Waals surface area (Å²) in [6.07, 6.45) is 1.78. The van der Waals surface area contributed by atoms with Crippen LogP contribution in [0.4, 0.5) is 5.69 Å². The number of nitrogens with one attached hydrogen (secondary N) is 1. The van der Waals surface area contributed by atoms with Gasteiger partial charge in [-0.15, -0.1) is 12.4 Å². The molecular weight excluding hydrogens is 374 g/mol. The maximum atomic E-state index is 12.7. The van der Waals surface area contributed by atoms with Gasteiger partial charge >= 0.3 is 0 Å². The van der Waals surface area contributed by atoms with Crippen molar-refractivity contribution in [1.29, 1.82) is 0 Å². The summed E-state index contributed by atoms with van der Waals surface area (Å²) in [7, 11) is 0. The highest BCUT2D eigenvalue weighted by molar-refractivity contribution is 9.10. The van der Waals surface area contributed by atoms with Gasteiger partial charge in [0.2, 0.25) is 0 Å². The summed E-state index contributed by atoms with van der Waals surface area (Å²) in [5.41, 5.74) is 0.283. The lowest BCUT2D eigenvalue weighted by Gasteiger charge is -2.28. The summed E-state index contributed by atoms with van der Waals surface area (Å²) in [5.74, 6) is -0.144. The van der Waals surface area contributed by atoms with E-state index in [1.807, 2.05) is 11.8 Å². The highest BCUT2D eigenvalue weighted by Crippen LogP contribution is 2.23. The molecule has 1 aliphatic heterocycles. The Morgan fingerprint density at radius 3 is 2.77 bits per heavy atom. The number of non-ortho nitro benzene ring substituents is 1. The Bertz CT molecular complexity index is 550. The van der Waals surface area contributed by atoms with Crippen LogP contribution in [0.1, 0.15) is 30.1 Å². The average molecular weight is 393 g/mol. The third-order valence-corrected chi connectivity index (χ3v) is 4.00. The normalized spacial score (nSPS) is 16.9. The number of nitrogens with zero attached hydrogens (tertiary/aromatic N) is 2. The van der Waals surface area contributed by atoms with Crippen LogP contribution in [0.25, 0.3) is 0 Å². The zero-order valence-electron chi connectivity index (χ0n) is 12.3. The molecule has 1 heterocycles. The topological polar surface area (TPSA) is 75.5 Å². The summed E-state index contributed by atoms with van der Waals surface area (Å²) in [6, 6.07) is 4.55. The summed E-state index contributed by atoms with van der Waals surface area (Å²) in [4.78, 5) is 25.0. The number of carbonyl (C=O) groups excluding carboxylic acids is 1. The standard InChI is InChI=1S/C14H18BrN3O3.ClH/c1-2-5-17(12-3-4-16-9-12)14(19)10-6-11(15)8-13(7-10)18(20)21;/h6-8,12,16H,2-5,9H2,1H3;1H. The number of nitro benzene ring substituents is 1. The predicted molar refractivity (Wildman–Crippen MR) is 90.6 cm³/mol. The van der Waals surface area contributed by atoms with E-state index in [0.717, 1.165) is 25.9 Å². The van der Waals surface area contributed by atoms with Gasteiger partial charge in [0, 0.05) is 41.3 Å². The van der Waals surface area contributed by atoms with Crippen LogP contribution in [0.5, 0.6) is 0 Å². The first-order valence-electron chi connectivity index (χ1n) is 6.99. The molecule has 0 aromatic heterocycles. The van der Waals surface area contributed by atoms with Gasteiger partial charge in [0.05, 0.1) is 4.92 Å². The van der Waals surface area contributed by atoms with E-state index in [9.17, 15) is 14.9 Å². The number of nitro groups is 1. The van der Waals surface area contributed by atoms with Gasteiger partial charge in [0.15, 0.2) is 0 Å². The van der Waals surface area contributed by atoms with Crippen LogP contribution in [0.2, 0.25) is 0 Å². The van der Waals surface area contributed by atoms with Gasteiger partial charge < -0.3 is 10.2 Å². The van der Waals surface area contributed by atoms with Crippen molar-refractivity contribution in [2.24, 2.45) is 0 Å². The monoisotopic (exact) mass is 391 g/mol. The van der Waals surface area contributed by atoms with Crippen LogP contribution < -0.4 is 5.32 Å². The SMILES string of the molecule is CCCN(C(=O)c1cc(Br)cc([N+](=O)[O-])c1)C1CCNC1.Cl. The summed E-state index contributed by atoms with van der Waals surface area (Å²) < 4.78 is 0.543. The molecular formula is C14H19BrClN3O3. The Labute approximate surface area is 143 Å². The van der Waals surface area contributed by atoms with Crippen molar-refractivity contribution in [2.75, 3.05) is 19.6 Å². The van der Waals surface area contributed by atoms with Gasteiger partial charge in [-0.05, 0) is 25.5 Å². The van der Waals surface area contributed by atoms with Crippen molar-refractivity contribution >= 4 is 39.9 Å². The molecule has 0 bridgehead atoms. The molecule has 1 aliphatic rings. The Kier molecular flexibility index (Phi) is 7.25. The van der Waals surface area contributed by atoms with E-state index in [1.54, 1.807) is 6.07 Å². The molecule has 6 nitrogen and oxygen atoms in total. The molecule has 0 aliphatic carbocycles. The second-order valence-corrected chi connectivity index (χ2v) is 6.02. The third kappa shape index (κ3) is 4.41. The van der Waals surface area contributed by atoms with Gasteiger partial charge in [0.25, 0.3) is 11.6 Å². The van der Waals surface area contributed by atoms with Gasteiger partial charge in [-0.3, -0.25) is 14.9 Å². The van der Waals surface area contributed by atoms with E-state index < -0.39 is 4.92 Å². The molecule has 1 aromatic rings. The largest absolute Gasteiger partial charge is 0.334 e. The second kappa shape index (κ2) is 8.45. The summed E-state index contributed by atoms with van der Waals surface area (Å²) >= 11 is 3.23. The molecule has 1 N–H and O–H groups in total. The molecule has 1 unspecified atom stereocenters. The van der Waals surface area contributed by atoms with E-state index in [0.29, 0.717) is 16.6 Å². The Morgan fingerprint density at radius 1 is 1.50 bits per heavy atom. The molecule has 0 spiro atoms. The molecule has 122 valence electrons. The maximum absolute atomic E-state index is 12.7. The molecule has 1 aromatic carbocycles. The number of benzene rings is 1. The molecule has 1 fully saturated rings. The highest BCUT2D eigenvalue weighted by Gasteiger charge is 2.27. The smallest absolute Gasteiger partial charge is 0.271 e. The molecule has 2 rings (SSSR count). The van der Waals surface area contributed by atoms with E-state index in [2.05, 4.69) is 21.2 Å². The van der Waals surface area contributed by atoms with Crippen LogP contribution in [0, 0.1) is 10.1 Å².